The first-order valence-corrected chi connectivity index (χ1v) is 7.07. The molecular weight excluding hydrogens is 286 g/mol. The van der Waals surface area contributed by atoms with Gasteiger partial charge in [-0.05, 0) is 36.6 Å². The van der Waals surface area contributed by atoms with Gasteiger partial charge < -0.3 is 10.6 Å². The summed E-state index contributed by atoms with van der Waals surface area (Å²) in [6.45, 7) is 2.41. The average molecular weight is 304 g/mol. The summed E-state index contributed by atoms with van der Waals surface area (Å²) in [6, 6.07) is 11.8. The Labute approximate surface area is 128 Å². The molecule has 0 heterocycles. The molecule has 5 heteroatoms. The predicted molar refractivity (Wildman–Crippen MR) is 82.7 cm³/mol. The fraction of sp³-hybridized carbons (Fsp3) is 0.235. The number of aryl methyl sites for hydroxylation is 1. The van der Waals surface area contributed by atoms with Crippen LogP contribution in [-0.2, 0) is 11.2 Å². The zero-order valence-corrected chi connectivity index (χ0v) is 12.3. The number of nitrogens with one attached hydrogen (secondary N) is 2. The second kappa shape index (κ2) is 7.54. The van der Waals surface area contributed by atoms with Gasteiger partial charge in [-0.15, -0.1) is 0 Å². The van der Waals surface area contributed by atoms with Crippen molar-refractivity contribution in [1.82, 2.24) is 5.32 Å². The molecular formula is C17H18F2N2O. The van der Waals surface area contributed by atoms with Gasteiger partial charge in [0.05, 0.1) is 12.2 Å². The third-order valence-electron chi connectivity index (χ3n) is 3.37. The molecule has 2 aromatic carbocycles. The summed E-state index contributed by atoms with van der Waals surface area (Å²) in [6.07, 6.45) is 0.729. The maximum absolute atomic E-state index is 13.4. The zero-order chi connectivity index (χ0) is 15.9. The maximum Gasteiger partial charge on any atom is 0.239 e. The lowest BCUT2D eigenvalue weighted by atomic mass is 10.1. The lowest BCUT2D eigenvalue weighted by Crippen LogP contribution is -2.31. The maximum atomic E-state index is 13.4. The largest absolute Gasteiger partial charge is 0.374 e. The van der Waals surface area contributed by atoms with Crippen molar-refractivity contribution in [2.24, 2.45) is 0 Å². The Morgan fingerprint density at radius 1 is 1.09 bits per heavy atom. The number of carbonyl (C=O) groups excluding carboxylic acids is 1. The molecule has 0 unspecified atom stereocenters. The lowest BCUT2D eigenvalue weighted by molar-refractivity contribution is -0.119. The van der Waals surface area contributed by atoms with E-state index in [2.05, 4.69) is 10.6 Å². The molecule has 116 valence electrons. The summed E-state index contributed by atoms with van der Waals surface area (Å²) < 4.78 is 26.4. The van der Waals surface area contributed by atoms with E-state index in [1.807, 2.05) is 31.2 Å². The van der Waals surface area contributed by atoms with Crippen LogP contribution in [0.4, 0.5) is 14.5 Å². The predicted octanol–water partition coefficient (Wildman–Crippen LogP) is 3.04. The van der Waals surface area contributed by atoms with Gasteiger partial charge in [0.1, 0.15) is 0 Å². The molecule has 2 aromatic rings. The first-order chi connectivity index (χ1) is 10.6. The van der Waals surface area contributed by atoms with Gasteiger partial charge in [-0.1, -0.05) is 30.3 Å². The van der Waals surface area contributed by atoms with Crippen molar-refractivity contribution in [2.75, 3.05) is 18.4 Å². The summed E-state index contributed by atoms with van der Waals surface area (Å²) in [5.74, 6) is -2.18. The van der Waals surface area contributed by atoms with E-state index in [0.29, 0.717) is 6.54 Å². The van der Waals surface area contributed by atoms with E-state index >= 15 is 0 Å². The van der Waals surface area contributed by atoms with Crippen molar-refractivity contribution in [2.45, 2.75) is 13.3 Å². The van der Waals surface area contributed by atoms with Gasteiger partial charge in [0, 0.05) is 6.54 Å². The molecule has 3 nitrogen and oxygen atoms in total. The third kappa shape index (κ3) is 4.28. The number of benzene rings is 2. The van der Waals surface area contributed by atoms with Gasteiger partial charge in [0.25, 0.3) is 0 Å². The Morgan fingerprint density at radius 2 is 1.86 bits per heavy atom. The van der Waals surface area contributed by atoms with Crippen molar-refractivity contribution < 1.29 is 13.6 Å². The van der Waals surface area contributed by atoms with Crippen LogP contribution >= 0.6 is 0 Å². The Balaban J connectivity index is 1.77. The normalized spacial score (nSPS) is 10.3. The fourth-order valence-electron chi connectivity index (χ4n) is 2.11. The number of carbonyl (C=O) groups is 1. The highest BCUT2D eigenvalue weighted by Gasteiger charge is 2.08. The minimum Gasteiger partial charge on any atom is -0.374 e. The van der Waals surface area contributed by atoms with E-state index in [4.69, 9.17) is 0 Å². The highest BCUT2D eigenvalue weighted by Crippen LogP contribution is 2.15. The number of anilines is 1. The number of hydrogen-bond acceptors (Lipinski definition) is 2. The second-order valence-electron chi connectivity index (χ2n) is 4.98. The number of rotatable bonds is 6. The highest BCUT2D eigenvalue weighted by atomic mass is 19.2. The van der Waals surface area contributed by atoms with Crippen LogP contribution in [0.3, 0.4) is 0 Å². The average Bonchev–Trinajstić information content (AvgIpc) is 2.51. The first-order valence-electron chi connectivity index (χ1n) is 7.07. The summed E-state index contributed by atoms with van der Waals surface area (Å²) in [5, 5.41) is 5.33. The van der Waals surface area contributed by atoms with Crippen LogP contribution in [-0.4, -0.2) is 19.0 Å². The van der Waals surface area contributed by atoms with Gasteiger partial charge in [-0.2, -0.15) is 0 Å². The van der Waals surface area contributed by atoms with Crippen LogP contribution in [0.25, 0.3) is 0 Å². The van der Waals surface area contributed by atoms with E-state index in [9.17, 15) is 13.6 Å². The van der Waals surface area contributed by atoms with Crippen molar-refractivity contribution in [1.29, 1.82) is 0 Å². The van der Waals surface area contributed by atoms with Crippen LogP contribution in [0.5, 0.6) is 0 Å². The van der Waals surface area contributed by atoms with Crippen LogP contribution < -0.4 is 10.6 Å². The molecule has 0 fully saturated rings. The first kappa shape index (κ1) is 15.9. The molecule has 2 N–H and O–H groups in total. The molecule has 0 atom stereocenters. The molecule has 2 rings (SSSR count). The van der Waals surface area contributed by atoms with Crippen molar-refractivity contribution in [3.05, 3.63) is 65.2 Å². The molecule has 0 spiro atoms. The van der Waals surface area contributed by atoms with Gasteiger partial charge in [-0.3, -0.25) is 4.79 Å². The summed E-state index contributed by atoms with van der Waals surface area (Å²) >= 11 is 0. The minimum absolute atomic E-state index is 0.0194. The number of amides is 1. The number of hydrogen-bond donors (Lipinski definition) is 2. The Kier molecular flexibility index (Phi) is 5.47. The molecule has 0 aliphatic rings. The standard InChI is InChI=1S/C17H18F2N2O/c1-12-5-2-3-6-13(12)9-10-20-16(22)11-21-15-8-4-7-14(18)17(15)19/h2-8,21H,9-11H2,1H3,(H,20,22). The van der Waals surface area contributed by atoms with E-state index < -0.39 is 11.6 Å². The number of halogens is 2. The Morgan fingerprint density at radius 3 is 2.64 bits per heavy atom. The van der Waals surface area contributed by atoms with Crippen molar-refractivity contribution >= 4 is 11.6 Å². The van der Waals surface area contributed by atoms with Gasteiger partial charge in [-0.25, -0.2) is 8.78 Å². The topological polar surface area (TPSA) is 41.1 Å². The molecule has 0 radical (unpaired) electrons. The van der Waals surface area contributed by atoms with Crippen LogP contribution in [0.2, 0.25) is 0 Å². The third-order valence-corrected chi connectivity index (χ3v) is 3.37. The van der Waals surface area contributed by atoms with Crippen LogP contribution in [0, 0.1) is 18.6 Å². The SMILES string of the molecule is Cc1ccccc1CCNC(=O)CNc1cccc(F)c1F. The van der Waals surface area contributed by atoms with E-state index in [-0.39, 0.29) is 18.1 Å². The summed E-state index contributed by atoms with van der Waals surface area (Å²) in [5.41, 5.74) is 2.33. The smallest absolute Gasteiger partial charge is 0.239 e. The molecule has 0 aliphatic heterocycles. The highest BCUT2D eigenvalue weighted by molar-refractivity contribution is 5.80. The molecule has 0 saturated carbocycles. The second-order valence-corrected chi connectivity index (χ2v) is 4.98. The van der Waals surface area contributed by atoms with Crippen molar-refractivity contribution in [3.8, 4) is 0 Å². The molecule has 0 aromatic heterocycles. The fourth-order valence-corrected chi connectivity index (χ4v) is 2.11. The molecule has 0 bridgehead atoms. The monoisotopic (exact) mass is 304 g/mol. The lowest BCUT2D eigenvalue weighted by Gasteiger charge is -2.09. The van der Waals surface area contributed by atoms with Gasteiger partial charge >= 0.3 is 0 Å². The summed E-state index contributed by atoms with van der Waals surface area (Å²) in [4.78, 5) is 11.7. The molecule has 1 amide bonds. The molecule has 0 saturated heterocycles. The Bertz CT molecular complexity index is 659. The van der Waals surface area contributed by atoms with Crippen LogP contribution in [0.1, 0.15) is 11.1 Å². The van der Waals surface area contributed by atoms with E-state index in [1.54, 1.807) is 0 Å². The van der Waals surface area contributed by atoms with Crippen LogP contribution in [0.15, 0.2) is 42.5 Å². The van der Waals surface area contributed by atoms with Gasteiger partial charge in [0.2, 0.25) is 5.91 Å². The Hall–Kier alpha value is -2.43. The molecule has 0 aliphatic carbocycles. The van der Waals surface area contributed by atoms with E-state index in [1.165, 1.54) is 23.3 Å². The minimum atomic E-state index is -0.977. The van der Waals surface area contributed by atoms with Crippen molar-refractivity contribution in [3.63, 3.8) is 0 Å². The van der Waals surface area contributed by atoms with E-state index in [0.717, 1.165) is 12.5 Å². The zero-order valence-electron chi connectivity index (χ0n) is 12.3. The molecule has 22 heavy (non-hydrogen) atoms. The summed E-state index contributed by atoms with van der Waals surface area (Å²) in [7, 11) is 0. The quantitative estimate of drug-likeness (QED) is 0.861. The van der Waals surface area contributed by atoms with Gasteiger partial charge in [0.15, 0.2) is 11.6 Å².